The molecule has 0 bridgehead atoms. The normalized spacial score (nSPS) is 11.4. The molecule has 0 aliphatic heterocycles. The van der Waals surface area contributed by atoms with Gasteiger partial charge in [-0.1, -0.05) is 46.4 Å². The molecule has 1 amide bonds. The van der Waals surface area contributed by atoms with Crippen molar-refractivity contribution in [3.8, 4) is 0 Å². The van der Waals surface area contributed by atoms with Gasteiger partial charge in [0, 0.05) is 25.3 Å². The lowest BCUT2D eigenvalue weighted by molar-refractivity contribution is -0.0258. The van der Waals surface area contributed by atoms with Gasteiger partial charge in [-0.25, -0.2) is 8.42 Å². The van der Waals surface area contributed by atoms with Crippen LogP contribution in [0.5, 0.6) is 0 Å². The van der Waals surface area contributed by atoms with Gasteiger partial charge in [0.2, 0.25) is 0 Å². The third kappa shape index (κ3) is 4.88. The van der Waals surface area contributed by atoms with Gasteiger partial charge in [0.15, 0.2) is 0 Å². The van der Waals surface area contributed by atoms with Gasteiger partial charge in [-0.15, -0.1) is 0 Å². The SMILES string of the molecule is CON(C)S(=O)(=O)c1cc(C(=O)Nc2ccccc2N(C)c2ccccc2)ccc1Cl. The van der Waals surface area contributed by atoms with Crippen LogP contribution >= 0.6 is 11.6 Å². The first-order valence-corrected chi connectivity index (χ1v) is 11.1. The van der Waals surface area contributed by atoms with E-state index in [1.807, 2.05) is 60.5 Å². The number of hydrogen-bond donors (Lipinski definition) is 1. The van der Waals surface area contributed by atoms with Gasteiger partial charge in [-0.05, 0) is 42.5 Å². The third-order valence-corrected chi connectivity index (χ3v) is 6.89. The summed E-state index contributed by atoms with van der Waals surface area (Å²) in [6.45, 7) is 0. The molecule has 0 atom stereocenters. The second-order valence-corrected chi connectivity index (χ2v) is 8.92. The van der Waals surface area contributed by atoms with Crippen LogP contribution in [0.3, 0.4) is 0 Å². The minimum Gasteiger partial charge on any atom is -0.343 e. The van der Waals surface area contributed by atoms with E-state index in [9.17, 15) is 13.2 Å². The summed E-state index contributed by atoms with van der Waals surface area (Å²) in [7, 11) is 0.350. The Balaban J connectivity index is 1.93. The summed E-state index contributed by atoms with van der Waals surface area (Å²) in [5, 5.41) is 2.85. The number of hydrogen-bond acceptors (Lipinski definition) is 5. The molecule has 3 aromatic rings. The molecule has 0 radical (unpaired) electrons. The Morgan fingerprint density at radius 3 is 2.29 bits per heavy atom. The van der Waals surface area contributed by atoms with Crippen molar-refractivity contribution in [2.45, 2.75) is 4.90 Å². The Bertz CT molecular complexity index is 1190. The van der Waals surface area contributed by atoms with Crippen molar-refractivity contribution >= 4 is 44.6 Å². The van der Waals surface area contributed by atoms with Crippen molar-refractivity contribution in [1.29, 1.82) is 0 Å². The molecule has 0 aliphatic carbocycles. The van der Waals surface area contributed by atoms with Gasteiger partial charge in [-0.2, -0.15) is 0 Å². The fourth-order valence-corrected chi connectivity index (χ4v) is 4.41. The van der Waals surface area contributed by atoms with Crippen LogP contribution in [0.4, 0.5) is 17.1 Å². The zero-order chi connectivity index (χ0) is 22.6. The summed E-state index contributed by atoms with van der Waals surface area (Å²) in [6.07, 6.45) is 0. The molecule has 1 N–H and O–H groups in total. The maximum Gasteiger partial charge on any atom is 0.266 e. The summed E-state index contributed by atoms with van der Waals surface area (Å²) in [5.74, 6) is -0.470. The minimum atomic E-state index is -4.02. The van der Waals surface area contributed by atoms with Crippen molar-refractivity contribution in [3.63, 3.8) is 0 Å². The van der Waals surface area contributed by atoms with E-state index >= 15 is 0 Å². The summed E-state index contributed by atoms with van der Waals surface area (Å²) < 4.78 is 25.9. The van der Waals surface area contributed by atoms with E-state index in [2.05, 4.69) is 5.32 Å². The number of rotatable bonds is 7. The molecule has 3 aromatic carbocycles. The number of amides is 1. The number of hydroxylamine groups is 1. The Morgan fingerprint density at radius 1 is 0.968 bits per heavy atom. The Labute approximate surface area is 186 Å². The fraction of sp³-hybridized carbons (Fsp3) is 0.136. The lowest BCUT2D eigenvalue weighted by Crippen LogP contribution is -2.26. The molecule has 3 rings (SSSR count). The zero-order valence-electron chi connectivity index (χ0n) is 17.2. The first-order chi connectivity index (χ1) is 14.8. The number of anilines is 3. The Hall–Kier alpha value is -2.91. The number of benzene rings is 3. The second kappa shape index (κ2) is 9.49. The van der Waals surface area contributed by atoms with Crippen LogP contribution in [0.15, 0.2) is 77.7 Å². The van der Waals surface area contributed by atoms with E-state index in [1.54, 1.807) is 6.07 Å². The molecule has 0 fully saturated rings. The van der Waals surface area contributed by atoms with Crippen molar-refractivity contribution in [2.75, 3.05) is 31.4 Å². The van der Waals surface area contributed by atoms with Gasteiger partial charge in [-0.3, -0.25) is 9.63 Å². The number of nitrogens with one attached hydrogen (secondary N) is 1. The van der Waals surface area contributed by atoms with E-state index < -0.39 is 15.9 Å². The molecule has 0 heterocycles. The van der Waals surface area contributed by atoms with Crippen LogP contribution in [-0.4, -0.2) is 40.0 Å². The smallest absolute Gasteiger partial charge is 0.266 e. The molecule has 0 saturated heterocycles. The fourth-order valence-electron chi connectivity index (χ4n) is 2.94. The monoisotopic (exact) mass is 459 g/mol. The zero-order valence-corrected chi connectivity index (χ0v) is 18.8. The van der Waals surface area contributed by atoms with Crippen LogP contribution in [-0.2, 0) is 14.9 Å². The van der Waals surface area contributed by atoms with Crippen molar-refractivity contribution in [3.05, 3.63) is 83.4 Å². The largest absolute Gasteiger partial charge is 0.343 e. The van der Waals surface area contributed by atoms with Gasteiger partial charge in [0.05, 0.1) is 23.5 Å². The lowest BCUT2D eigenvalue weighted by atomic mass is 10.2. The molecule has 9 heteroatoms. The third-order valence-electron chi connectivity index (χ3n) is 4.72. The molecule has 0 unspecified atom stereocenters. The highest BCUT2D eigenvalue weighted by Crippen LogP contribution is 2.31. The van der Waals surface area contributed by atoms with Crippen molar-refractivity contribution in [1.82, 2.24) is 4.47 Å². The molecular formula is C22H22ClN3O4S. The quantitative estimate of drug-likeness (QED) is 0.524. The number of nitrogens with zero attached hydrogens (tertiary/aromatic N) is 2. The first-order valence-electron chi connectivity index (χ1n) is 9.27. The van der Waals surface area contributed by atoms with Gasteiger partial charge >= 0.3 is 0 Å². The number of sulfonamides is 1. The van der Waals surface area contributed by atoms with E-state index in [-0.39, 0.29) is 15.5 Å². The molecule has 162 valence electrons. The Kier molecular flexibility index (Phi) is 6.97. The molecule has 0 aliphatic rings. The maximum absolute atomic E-state index is 12.9. The maximum atomic E-state index is 12.9. The van der Waals surface area contributed by atoms with Crippen LogP contribution < -0.4 is 10.2 Å². The number of para-hydroxylation sites is 3. The van der Waals surface area contributed by atoms with E-state index in [0.717, 1.165) is 11.4 Å². The molecule has 0 aromatic heterocycles. The van der Waals surface area contributed by atoms with E-state index in [0.29, 0.717) is 10.2 Å². The highest BCUT2D eigenvalue weighted by molar-refractivity contribution is 7.89. The van der Waals surface area contributed by atoms with E-state index in [1.165, 1.54) is 32.4 Å². The molecule has 0 saturated carbocycles. The Morgan fingerprint density at radius 2 is 1.61 bits per heavy atom. The number of carbonyl (C=O) groups excluding carboxylic acids is 1. The summed E-state index contributed by atoms with van der Waals surface area (Å²) >= 11 is 6.08. The summed E-state index contributed by atoms with van der Waals surface area (Å²) in [4.78, 5) is 19.5. The molecule has 0 spiro atoms. The second-order valence-electron chi connectivity index (χ2n) is 6.61. The number of halogens is 1. The van der Waals surface area contributed by atoms with Gasteiger partial charge in [0.1, 0.15) is 4.90 Å². The summed E-state index contributed by atoms with van der Waals surface area (Å²) in [5.41, 5.74) is 2.45. The predicted molar refractivity (Wildman–Crippen MR) is 122 cm³/mol. The van der Waals surface area contributed by atoms with Crippen molar-refractivity contribution < 1.29 is 18.0 Å². The number of carbonyl (C=O) groups is 1. The molecule has 7 nitrogen and oxygen atoms in total. The van der Waals surface area contributed by atoms with Crippen molar-refractivity contribution in [2.24, 2.45) is 0 Å². The van der Waals surface area contributed by atoms with Crippen LogP contribution in [0.2, 0.25) is 5.02 Å². The average molecular weight is 460 g/mol. The first kappa shape index (κ1) is 22.8. The van der Waals surface area contributed by atoms with E-state index in [4.69, 9.17) is 16.4 Å². The average Bonchev–Trinajstić information content (AvgIpc) is 2.79. The molecular weight excluding hydrogens is 438 g/mol. The minimum absolute atomic E-state index is 0.00957. The predicted octanol–water partition coefficient (Wildman–Crippen LogP) is 4.54. The van der Waals surface area contributed by atoms with Crippen LogP contribution in [0.1, 0.15) is 10.4 Å². The summed E-state index contributed by atoms with van der Waals surface area (Å²) in [6, 6.07) is 21.1. The van der Waals surface area contributed by atoms with Gasteiger partial charge in [0.25, 0.3) is 15.9 Å². The van der Waals surface area contributed by atoms with Crippen LogP contribution in [0, 0.1) is 0 Å². The highest BCUT2D eigenvalue weighted by Gasteiger charge is 2.25. The highest BCUT2D eigenvalue weighted by atomic mass is 35.5. The topological polar surface area (TPSA) is 78.9 Å². The lowest BCUT2D eigenvalue weighted by Gasteiger charge is -2.23. The molecule has 31 heavy (non-hydrogen) atoms. The standard InChI is InChI=1S/C22H22ClN3O4S/c1-25(17-9-5-4-6-10-17)20-12-8-7-11-19(20)24-22(27)16-13-14-18(23)21(15-16)31(28,29)26(2)30-3/h4-15H,1-3H3,(H,24,27). The van der Waals surface area contributed by atoms with Gasteiger partial charge < -0.3 is 10.2 Å². The van der Waals surface area contributed by atoms with Crippen LogP contribution in [0.25, 0.3) is 0 Å².